The molecule has 1 aromatic rings. The Morgan fingerprint density at radius 2 is 2.26 bits per heavy atom. The van der Waals surface area contributed by atoms with E-state index < -0.39 is 0 Å². The maximum atomic E-state index is 12.1. The zero-order chi connectivity index (χ0) is 13.9. The number of hydrogen-bond acceptors (Lipinski definition) is 3. The standard InChI is InChI=1S/C14H22N2O2S/c1-14(2,3)15-13(17)16-7-6-12(19-10-8-16)11-5-4-9-18-11/h4-5,9,12H,6-8,10H2,1-3H3,(H,15,17). The van der Waals surface area contributed by atoms with Crippen LogP contribution in [0.25, 0.3) is 0 Å². The van der Waals surface area contributed by atoms with Crippen LogP contribution in [0.2, 0.25) is 0 Å². The van der Waals surface area contributed by atoms with Gasteiger partial charge in [-0.05, 0) is 39.3 Å². The highest BCUT2D eigenvalue weighted by Gasteiger charge is 2.25. The van der Waals surface area contributed by atoms with Crippen molar-refractivity contribution in [1.29, 1.82) is 0 Å². The zero-order valence-electron chi connectivity index (χ0n) is 11.8. The SMILES string of the molecule is CC(C)(C)NC(=O)N1CCSC(c2ccco2)CC1. The van der Waals surface area contributed by atoms with Crippen molar-refractivity contribution in [3.05, 3.63) is 24.2 Å². The number of furan rings is 1. The van der Waals surface area contributed by atoms with Crippen LogP contribution < -0.4 is 5.32 Å². The molecule has 1 saturated heterocycles. The summed E-state index contributed by atoms with van der Waals surface area (Å²) in [5, 5.41) is 3.38. The first kappa shape index (κ1) is 14.3. The van der Waals surface area contributed by atoms with Gasteiger partial charge < -0.3 is 14.6 Å². The van der Waals surface area contributed by atoms with Crippen molar-refractivity contribution in [3.63, 3.8) is 0 Å². The average molecular weight is 282 g/mol. The fourth-order valence-electron chi connectivity index (χ4n) is 2.08. The van der Waals surface area contributed by atoms with Crippen LogP contribution in [-0.4, -0.2) is 35.3 Å². The number of nitrogens with one attached hydrogen (secondary N) is 1. The maximum absolute atomic E-state index is 12.1. The molecule has 1 fully saturated rings. The largest absolute Gasteiger partial charge is 0.468 e. The van der Waals surface area contributed by atoms with Crippen LogP contribution in [0, 0.1) is 0 Å². The number of nitrogens with zero attached hydrogens (tertiary/aromatic N) is 1. The molecule has 19 heavy (non-hydrogen) atoms. The van der Waals surface area contributed by atoms with E-state index in [1.165, 1.54) is 0 Å². The topological polar surface area (TPSA) is 45.5 Å². The molecule has 106 valence electrons. The van der Waals surface area contributed by atoms with Crippen molar-refractivity contribution in [1.82, 2.24) is 10.2 Å². The molecule has 2 amide bonds. The molecule has 0 saturated carbocycles. The number of rotatable bonds is 1. The monoisotopic (exact) mass is 282 g/mol. The molecule has 0 aliphatic carbocycles. The molecule has 1 aliphatic heterocycles. The Morgan fingerprint density at radius 3 is 2.89 bits per heavy atom. The first-order chi connectivity index (χ1) is 8.96. The average Bonchev–Trinajstić information content (AvgIpc) is 2.71. The van der Waals surface area contributed by atoms with Crippen LogP contribution in [0.4, 0.5) is 4.79 Å². The first-order valence-electron chi connectivity index (χ1n) is 6.68. The van der Waals surface area contributed by atoms with Crippen molar-refractivity contribution >= 4 is 17.8 Å². The lowest BCUT2D eigenvalue weighted by molar-refractivity contribution is 0.191. The van der Waals surface area contributed by atoms with Gasteiger partial charge in [0, 0.05) is 24.4 Å². The second-order valence-electron chi connectivity index (χ2n) is 5.83. The number of carbonyl (C=O) groups is 1. The van der Waals surface area contributed by atoms with Crippen LogP contribution in [0.5, 0.6) is 0 Å². The summed E-state index contributed by atoms with van der Waals surface area (Å²) in [5.74, 6) is 1.96. The Labute approximate surface area is 118 Å². The first-order valence-corrected chi connectivity index (χ1v) is 7.73. The third-order valence-corrected chi connectivity index (χ3v) is 4.26. The molecule has 0 aromatic carbocycles. The normalized spacial score (nSPS) is 21.0. The van der Waals surface area contributed by atoms with E-state index in [0.717, 1.165) is 31.0 Å². The van der Waals surface area contributed by atoms with E-state index in [1.54, 1.807) is 6.26 Å². The van der Waals surface area contributed by atoms with Gasteiger partial charge in [-0.2, -0.15) is 0 Å². The van der Waals surface area contributed by atoms with Crippen molar-refractivity contribution in [2.45, 2.75) is 38.0 Å². The smallest absolute Gasteiger partial charge is 0.317 e. The summed E-state index contributed by atoms with van der Waals surface area (Å²) in [6.07, 6.45) is 2.65. The van der Waals surface area contributed by atoms with Crippen LogP contribution in [0.15, 0.2) is 22.8 Å². The summed E-state index contributed by atoms with van der Waals surface area (Å²) < 4.78 is 5.46. The Bertz CT molecular complexity index is 412. The van der Waals surface area contributed by atoms with Crippen LogP contribution in [0.1, 0.15) is 38.2 Å². The third-order valence-electron chi connectivity index (χ3n) is 2.97. The molecule has 1 aromatic heterocycles. The number of urea groups is 1. The molecule has 1 unspecified atom stereocenters. The molecule has 2 heterocycles. The van der Waals surface area contributed by atoms with E-state index in [1.807, 2.05) is 49.6 Å². The summed E-state index contributed by atoms with van der Waals surface area (Å²) in [7, 11) is 0. The van der Waals surface area contributed by atoms with Crippen LogP contribution >= 0.6 is 11.8 Å². The summed E-state index contributed by atoms with van der Waals surface area (Å²) in [5.41, 5.74) is -0.184. The number of carbonyl (C=O) groups excluding carboxylic acids is 1. The molecule has 4 nitrogen and oxygen atoms in total. The maximum Gasteiger partial charge on any atom is 0.317 e. The molecule has 0 bridgehead atoms. The molecule has 2 rings (SSSR count). The lowest BCUT2D eigenvalue weighted by atomic mass is 10.1. The van der Waals surface area contributed by atoms with E-state index in [9.17, 15) is 4.79 Å². The summed E-state index contributed by atoms with van der Waals surface area (Å²) in [6, 6.07) is 3.97. The molecule has 1 atom stereocenters. The van der Waals surface area contributed by atoms with Gasteiger partial charge in [0.2, 0.25) is 0 Å². The minimum atomic E-state index is -0.184. The third kappa shape index (κ3) is 4.20. The predicted molar refractivity (Wildman–Crippen MR) is 78.4 cm³/mol. The minimum absolute atomic E-state index is 0.0354. The van der Waals surface area contributed by atoms with Gasteiger partial charge in [-0.25, -0.2) is 4.79 Å². The van der Waals surface area contributed by atoms with Gasteiger partial charge in [-0.15, -0.1) is 11.8 Å². The summed E-state index contributed by atoms with van der Waals surface area (Å²) in [6.45, 7) is 7.58. The highest BCUT2D eigenvalue weighted by Crippen LogP contribution is 2.34. The van der Waals surface area contributed by atoms with Crippen molar-refractivity contribution in [2.24, 2.45) is 0 Å². The van der Waals surface area contributed by atoms with Crippen molar-refractivity contribution in [2.75, 3.05) is 18.8 Å². The molecule has 5 heteroatoms. The van der Waals surface area contributed by atoms with Gasteiger partial charge in [0.1, 0.15) is 5.76 Å². The van der Waals surface area contributed by atoms with Crippen molar-refractivity contribution in [3.8, 4) is 0 Å². The van der Waals surface area contributed by atoms with Gasteiger partial charge in [-0.3, -0.25) is 0 Å². The van der Waals surface area contributed by atoms with Crippen molar-refractivity contribution < 1.29 is 9.21 Å². The molecular formula is C14H22N2O2S. The Balaban J connectivity index is 1.91. The molecule has 1 N–H and O–H groups in total. The number of amides is 2. The van der Waals surface area contributed by atoms with E-state index in [-0.39, 0.29) is 11.6 Å². The summed E-state index contributed by atoms with van der Waals surface area (Å²) in [4.78, 5) is 14.0. The van der Waals surface area contributed by atoms with Gasteiger partial charge in [0.05, 0.1) is 11.5 Å². The second kappa shape index (κ2) is 5.90. The van der Waals surface area contributed by atoms with Crippen LogP contribution in [0.3, 0.4) is 0 Å². The van der Waals surface area contributed by atoms with Gasteiger partial charge in [-0.1, -0.05) is 0 Å². The summed E-state index contributed by atoms with van der Waals surface area (Å²) >= 11 is 1.87. The lowest BCUT2D eigenvalue weighted by Crippen LogP contribution is -2.49. The van der Waals surface area contributed by atoms with Gasteiger partial charge in [0.25, 0.3) is 0 Å². The fraction of sp³-hybridized carbons (Fsp3) is 0.643. The predicted octanol–water partition coefficient (Wildman–Crippen LogP) is 3.27. The molecular weight excluding hydrogens is 260 g/mol. The highest BCUT2D eigenvalue weighted by molar-refractivity contribution is 7.99. The van der Waals surface area contributed by atoms with Gasteiger partial charge >= 0.3 is 6.03 Å². The van der Waals surface area contributed by atoms with Crippen LogP contribution in [-0.2, 0) is 0 Å². The Hall–Kier alpha value is -1.10. The second-order valence-corrected chi connectivity index (χ2v) is 7.14. The molecule has 0 radical (unpaired) electrons. The highest BCUT2D eigenvalue weighted by atomic mass is 32.2. The number of hydrogen-bond donors (Lipinski definition) is 1. The van der Waals surface area contributed by atoms with E-state index >= 15 is 0 Å². The lowest BCUT2D eigenvalue weighted by Gasteiger charge is -2.27. The van der Waals surface area contributed by atoms with E-state index in [2.05, 4.69) is 5.32 Å². The fourth-order valence-corrected chi connectivity index (χ4v) is 3.26. The quantitative estimate of drug-likeness (QED) is 0.860. The minimum Gasteiger partial charge on any atom is -0.468 e. The molecule has 0 spiro atoms. The van der Waals surface area contributed by atoms with Gasteiger partial charge in [0.15, 0.2) is 0 Å². The number of thioether (sulfide) groups is 1. The Kier molecular flexibility index (Phi) is 4.45. The van der Waals surface area contributed by atoms with E-state index in [4.69, 9.17) is 4.42 Å². The molecule has 1 aliphatic rings. The van der Waals surface area contributed by atoms with E-state index in [0.29, 0.717) is 5.25 Å². The zero-order valence-corrected chi connectivity index (χ0v) is 12.6. The Morgan fingerprint density at radius 1 is 1.47 bits per heavy atom.